The summed E-state index contributed by atoms with van der Waals surface area (Å²) in [6, 6.07) is 11.4. The molecule has 6 nitrogen and oxygen atoms in total. The normalized spacial score (nSPS) is 27.8. The summed E-state index contributed by atoms with van der Waals surface area (Å²) in [6.45, 7) is 2.59. The van der Waals surface area contributed by atoms with E-state index in [0.29, 0.717) is 29.7 Å². The molecule has 1 amide bonds. The molecule has 0 radical (unpaired) electrons. The van der Waals surface area contributed by atoms with Gasteiger partial charge in [-0.15, -0.1) is 0 Å². The van der Waals surface area contributed by atoms with Crippen LogP contribution < -0.4 is 5.32 Å². The van der Waals surface area contributed by atoms with E-state index in [0.717, 1.165) is 69.9 Å². The summed E-state index contributed by atoms with van der Waals surface area (Å²) in [6.07, 6.45) is 7.52. The van der Waals surface area contributed by atoms with Gasteiger partial charge in [-0.05, 0) is 50.5 Å². The summed E-state index contributed by atoms with van der Waals surface area (Å²) < 4.78 is 5.71. The van der Waals surface area contributed by atoms with Gasteiger partial charge in [-0.25, -0.2) is 0 Å². The lowest BCUT2D eigenvalue weighted by Gasteiger charge is -2.30. The zero-order chi connectivity index (χ0) is 20.1. The van der Waals surface area contributed by atoms with Gasteiger partial charge < -0.3 is 14.7 Å². The molecule has 4 aliphatic rings. The zero-order valence-electron chi connectivity index (χ0n) is 17.4. The Morgan fingerprint density at radius 1 is 1.13 bits per heavy atom. The molecule has 2 heterocycles. The van der Waals surface area contributed by atoms with Gasteiger partial charge in [0.05, 0.1) is 0 Å². The number of hydrogen-bond acceptors (Lipinski definition) is 5. The summed E-state index contributed by atoms with van der Waals surface area (Å²) in [7, 11) is 0. The summed E-state index contributed by atoms with van der Waals surface area (Å²) in [5, 5.41) is 8.15. The number of likely N-dealkylation sites (tertiary alicyclic amines) is 1. The number of amides is 1. The van der Waals surface area contributed by atoms with E-state index in [4.69, 9.17) is 9.51 Å². The number of benzene rings is 1. The molecule has 2 atom stereocenters. The maximum Gasteiger partial charge on any atom is 0.229 e. The SMILES string of the molecule is O=C(C1CC1)N1CCC(c2nc(C3(CN[C@H]4CC4c4ccccc4)CC3)no2)CC1. The molecule has 1 aliphatic heterocycles. The number of rotatable bonds is 7. The van der Waals surface area contributed by atoms with E-state index in [1.807, 2.05) is 4.90 Å². The molecule has 0 bridgehead atoms. The monoisotopic (exact) mass is 406 g/mol. The molecule has 3 aliphatic carbocycles. The van der Waals surface area contributed by atoms with Gasteiger partial charge in [0.2, 0.25) is 11.8 Å². The van der Waals surface area contributed by atoms with Crippen molar-refractivity contribution in [1.82, 2.24) is 20.4 Å². The van der Waals surface area contributed by atoms with E-state index in [9.17, 15) is 4.79 Å². The third kappa shape index (κ3) is 3.55. The molecule has 1 saturated heterocycles. The standard InChI is InChI=1S/C24H30N4O2/c29-22(18-6-7-18)28-12-8-17(9-13-28)21-26-23(27-30-21)24(10-11-24)15-25-20-14-19(20)16-4-2-1-3-5-16/h1-5,17-20,25H,6-15H2/t19?,20-/m0/s1. The van der Waals surface area contributed by atoms with E-state index in [1.165, 1.54) is 12.0 Å². The minimum absolute atomic E-state index is 0.0637. The van der Waals surface area contributed by atoms with Crippen molar-refractivity contribution < 1.29 is 9.32 Å². The molecular weight excluding hydrogens is 376 g/mol. The van der Waals surface area contributed by atoms with Crippen LogP contribution in [0.25, 0.3) is 0 Å². The number of nitrogens with one attached hydrogen (secondary N) is 1. The molecule has 0 spiro atoms. The van der Waals surface area contributed by atoms with Gasteiger partial charge in [0.15, 0.2) is 5.82 Å². The van der Waals surface area contributed by atoms with Crippen molar-refractivity contribution in [3.63, 3.8) is 0 Å². The average molecular weight is 407 g/mol. The number of carbonyl (C=O) groups excluding carboxylic acids is 1. The Morgan fingerprint density at radius 3 is 2.60 bits per heavy atom. The van der Waals surface area contributed by atoms with Gasteiger partial charge in [-0.2, -0.15) is 4.98 Å². The van der Waals surface area contributed by atoms with Crippen molar-refractivity contribution in [2.45, 2.75) is 68.2 Å². The van der Waals surface area contributed by atoms with Crippen molar-refractivity contribution in [3.8, 4) is 0 Å². The Bertz CT molecular complexity index is 910. The molecular formula is C24H30N4O2. The van der Waals surface area contributed by atoms with Gasteiger partial charge in [0.1, 0.15) is 0 Å². The van der Waals surface area contributed by atoms with Gasteiger partial charge in [0.25, 0.3) is 0 Å². The second-order valence-electron chi connectivity index (χ2n) is 9.85. The first-order valence-electron chi connectivity index (χ1n) is 11.6. The highest BCUT2D eigenvalue weighted by Gasteiger charge is 2.50. The molecule has 2 aromatic rings. The van der Waals surface area contributed by atoms with E-state index in [1.54, 1.807) is 0 Å². The maximum atomic E-state index is 12.3. The highest BCUT2D eigenvalue weighted by atomic mass is 16.5. The Labute approximate surface area is 177 Å². The van der Waals surface area contributed by atoms with Gasteiger partial charge >= 0.3 is 0 Å². The van der Waals surface area contributed by atoms with Crippen LogP contribution in [-0.2, 0) is 10.2 Å². The Kier molecular flexibility index (Phi) is 4.44. The lowest BCUT2D eigenvalue weighted by Crippen LogP contribution is -2.38. The van der Waals surface area contributed by atoms with Crippen LogP contribution in [0.4, 0.5) is 0 Å². The van der Waals surface area contributed by atoms with E-state index in [2.05, 4.69) is 40.8 Å². The number of piperidine rings is 1. The van der Waals surface area contributed by atoms with Crippen molar-refractivity contribution >= 4 is 5.91 Å². The molecule has 3 saturated carbocycles. The van der Waals surface area contributed by atoms with Gasteiger partial charge in [-0.1, -0.05) is 35.5 Å². The molecule has 4 fully saturated rings. The number of hydrogen-bond donors (Lipinski definition) is 1. The second kappa shape index (κ2) is 7.19. The summed E-state index contributed by atoms with van der Waals surface area (Å²) in [5.74, 6) is 3.28. The van der Waals surface area contributed by atoms with Crippen molar-refractivity contribution in [2.24, 2.45) is 5.92 Å². The molecule has 6 rings (SSSR count). The first-order chi connectivity index (χ1) is 14.7. The highest BCUT2D eigenvalue weighted by molar-refractivity contribution is 5.81. The van der Waals surface area contributed by atoms with Crippen molar-refractivity contribution in [1.29, 1.82) is 0 Å². The fraction of sp³-hybridized carbons (Fsp3) is 0.625. The van der Waals surface area contributed by atoms with E-state index >= 15 is 0 Å². The second-order valence-corrected chi connectivity index (χ2v) is 9.85. The molecule has 1 N–H and O–H groups in total. The van der Waals surface area contributed by atoms with Crippen LogP contribution in [0.2, 0.25) is 0 Å². The van der Waals surface area contributed by atoms with Gasteiger partial charge in [0, 0.05) is 48.8 Å². The third-order valence-corrected chi connectivity index (χ3v) is 7.57. The van der Waals surface area contributed by atoms with Crippen LogP contribution in [0.5, 0.6) is 0 Å². The fourth-order valence-corrected chi connectivity index (χ4v) is 5.00. The highest BCUT2D eigenvalue weighted by Crippen LogP contribution is 2.48. The van der Waals surface area contributed by atoms with Crippen LogP contribution in [0.15, 0.2) is 34.9 Å². The fourth-order valence-electron chi connectivity index (χ4n) is 5.00. The van der Waals surface area contributed by atoms with Crippen LogP contribution in [0, 0.1) is 5.92 Å². The minimum atomic E-state index is 0.0637. The summed E-state index contributed by atoms with van der Waals surface area (Å²) >= 11 is 0. The lowest BCUT2D eigenvalue weighted by molar-refractivity contribution is -0.133. The van der Waals surface area contributed by atoms with E-state index in [-0.39, 0.29) is 5.41 Å². The molecule has 158 valence electrons. The van der Waals surface area contributed by atoms with Gasteiger partial charge in [-0.3, -0.25) is 4.79 Å². The first kappa shape index (κ1) is 18.6. The average Bonchev–Trinajstić information content (AvgIpc) is 3.69. The van der Waals surface area contributed by atoms with E-state index < -0.39 is 0 Å². The van der Waals surface area contributed by atoms with Crippen molar-refractivity contribution in [3.05, 3.63) is 47.6 Å². The predicted molar refractivity (Wildman–Crippen MR) is 112 cm³/mol. The molecule has 6 heteroatoms. The maximum absolute atomic E-state index is 12.3. The van der Waals surface area contributed by atoms with Crippen LogP contribution >= 0.6 is 0 Å². The largest absolute Gasteiger partial charge is 0.342 e. The first-order valence-corrected chi connectivity index (χ1v) is 11.6. The Morgan fingerprint density at radius 2 is 1.90 bits per heavy atom. The third-order valence-electron chi connectivity index (χ3n) is 7.57. The quantitative estimate of drug-likeness (QED) is 0.763. The van der Waals surface area contributed by atoms with Crippen LogP contribution in [-0.4, -0.2) is 46.6 Å². The zero-order valence-corrected chi connectivity index (χ0v) is 17.4. The predicted octanol–water partition coefficient (Wildman–Crippen LogP) is 3.36. The number of aromatic nitrogens is 2. The smallest absolute Gasteiger partial charge is 0.229 e. The molecule has 1 unspecified atom stereocenters. The lowest BCUT2D eigenvalue weighted by atomic mass is 9.96. The number of carbonyl (C=O) groups is 1. The molecule has 30 heavy (non-hydrogen) atoms. The molecule has 1 aromatic carbocycles. The van der Waals surface area contributed by atoms with Crippen LogP contribution in [0.1, 0.15) is 74.1 Å². The topological polar surface area (TPSA) is 71.3 Å². The molecule has 1 aromatic heterocycles. The summed E-state index contributed by atoms with van der Waals surface area (Å²) in [4.78, 5) is 19.1. The van der Waals surface area contributed by atoms with Crippen molar-refractivity contribution in [2.75, 3.05) is 19.6 Å². The Balaban J connectivity index is 1.03. The van der Waals surface area contributed by atoms with Crippen LogP contribution in [0.3, 0.4) is 0 Å². The Hall–Kier alpha value is -2.21. The number of nitrogens with zero attached hydrogens (tertiary/aromatic N) is 3. The summed E-state index contributed by atoms with van der Waals surface area (Å²) in [5.41, 5.74) is 1.50. The minimum Gasteiger partial charge on any atom is -0.342 e.